The number of halogens is 6. The van der Waals surface area contributed by atoms with E-state index < -0.39 is 17.9 Å². The zero-order chi connectivity index (χ0) is 22.3. The number of para-hydroxylation sites is 1. The van der Waals surface area contributed by atoms with Gasteiger partial charge in [-0.3, -0.25) is 0 Å². The number of hydrogen-bond acceptors (Lipinski definition) is 3. The second-order valence-corrected chi connectivity index (χ2v) is 6.45. The van der Waals surface area contributed by atoms with Crippen molar-refractivity contribution in [3.8, 4) is 29.0 Å². The Morgan fingerprint density at radius 2 is 1.33 bits per heavy atom. The van der Waals surface area contributed by atoms with Gasteiger partial charge >= 0.3 is 6.36 Å². The van der Waals surface area contributed by atoms with Crippen molar-refractivity contribution in [3.05, 3.63) is 87.9 Å². The van der Waals surface area contributed by atoms with Crippen molar-refractivity contribution in [2.75, 3.05) is 0 Å². The lowest BCUT2D eigenvalue weighted by atomic mass is 10.0. The Bertz CT molecular complexity index is 1130. The van der Waals surface area contributed by atoms with Gasteiger partial charge in [0, 0.05) is 11.1 Å². The first-order valence-electron chi connectivity index (χ1n) is 8.04. The van der Waals surface area contributed by atoms with Gasteiger partial charge in [0.05, 0.1) is 27.7 Å². The summed E-state index contributed by atoms with van der Waals surface area (Å²) in [4.78, 5) is 0. The molecule has 30 heavy (non-hydrogen) atoms. The summed E-state index contributed by atoms with van der Waals surface area (Å²) in [5, 5.41) is 17.1. The van der Waals surface area contributed by atoms with Crippen molar-refractivity contribution in [2.45, 2.75) is 6.36 Å². The number of rotatable bonds is 2. The molecule has 0 bridgehead atoms. The molecule has 0 amide bonds. The molecule has 0 N–H and O–H groups in total. The molecule has 0 radical (unpaired) electrons. The molecule has 0 aliphatic rings. The summed E-state index contributed by atoms with van der Waals surface area (Å²) in [5.41, 5.74) is 0.403. The van der Waals surface area contributed by atoms with Crippen LogP contribution in [-0.2, 0) is 0 Å². The van der Waals surface area contributed by atoms with Crippen LogP contribution in [0.3, 0.4) is 0 Å². The van der Waals surface area contributed by atoms with Gasteiger partial charge in [0.15, 0.2) is 0 Å². The molecular weight excluding hydrogens is 471 g/mol. The van der Waals surface area contributed by atoms with Crippen molar-refractivity contribution in [1.29, 1.82) is 10.5 Å². The molecule has 3 aromatic carbocycles. The molecule has 0 aliphatic heterocycles. The maximum Gasteiger partial charge on any atom is 0.573 e. The highest BCUT2D eigenvalue weighted by molar-refractivity contribution is 9.10. The number of hydrogen-bond donors (Lipinski definition) is 0. The summed E-state index contributed by atoms with van der Waals surface area (Å²) in [6, 6.07) is 16.4. The monoisotopic (exact) mass is 480 g/mol. The van der Waals surface area contributed by atoms with Crippen LogP contribution in [0, 0.1) is 34.3 Å². The molecule has 9 heteroatoms. The van der Waals surface area contributed by atoms with Gasteiger partial charge in [-0.05, 0) is 58.4 Å². The fraction of sp³-hybridized carbons (Fsp3) is 0.0476. The van der Waals surface area contributed by atoms with E-state index in [9.17, 15) is 22.0 Å². The highest BCUT2D eigenvalue weighted by Gasteiger charge is 2.32. The molecule has 0 spiro atoms. The van der Waals surface area contributed by atoms with Crippen molar-refractivity contribution in [2.24, 2.45) is 0 Å². The largest absolute Gasteiger partial charge is 0.573 e. The average Bonchev–Trinajstić information content (AvgIpc) is 2.70. The van der Waals surface area contributed by atoms with Crippen molar-refractivity contribution >= 4 is 15.9 Å². The number of ether oxygens (including phenoxy) is 1. The molecule has 0 unspecified atom stereocenters. The van der Waals surface area contributed by atoms with Gasteiger partial charge < -0.3 is 4.74 Å². The van der Waals surface area contributed by atoms with E-state index in [0.29, 0.717) is 10.0 Å². The number of benzene rings is 3. The second-order valence-electron chi connectivity index (χ2n) is 5.59. The standard InChI is InChI=1S/C14H7F4NO.C7H3BrFN/c15-12-6-5-9(8-19)7-11(12)10-3-1-2-4-13(10)20-14(16,17)18;8-6-3-5(4-10)1-2-7(6)9/h1-7H;1-3H. The average molecular weight is 481 g/mol. The Morgan fingerprint density at radius 3 is 1.90 bits per heavy atom. The zero-order valence-electron chi connectivity index (χ0n) is 14.8. The lowest BCUT2D eigenvalue weighted by molar-refractivity contribution is -0.274. The molecule has 3 aromatic rings. The SMILES string of the molecule is N#Cc1ccc(F)c(-c2ccccc2OC(F)(F)F)c1.N#Cc1ccc(F)c(Br)c1. The third-order valence-electron chi connectivity index (χ3n) is 3.55. The Morgan fingerprint density at radius 1 is 0.767 bits per heavy atom. The van der Waals surface area contributed by atoms with Gasteiger partial charge in [-0.15, -0.1) is 13.2 Å². The minimum Gasteiger partial charge on any atom is -0.405 e. The highest BCUT2D eigenvalue weighted by atomic mass is 79.9. The van der Waals surface area contributed by atoms with Crippen LogP contribution in [-0.4, -0.2) is 6.36 Å². The molecule has 0 atom stereocenters. The van der Waals surface area contributed by atoms with E-state index in [4.69, 9.17) is 10.5 Å². The predicted molar refractivity (Wildman–Crippen MR) is 102 cm³/mol. The van der Waals surface area contributed by atoms with Gasteiger partial charge in [0.2, 0.25) is 0 Å². The third kappa shape index (κ3) is 6.29. The lowest BCUT2D eigenvalue weighted by Gasteiger charge is -2.13. The van der Waals surface area contributed by atoms with Crippen LogP contribution < -0.4 is 4.74 Å². The van der Waals surface area contributed by atoms with Crippen molar-refractivity contribution < 1.29 is 26.7 Å². The molecule has 0 heterocycles. The fourth-order valence-electron chi connectivity index (χ4n) is 2.27. The quantitative estimate of drug-likeness (QED) is 0.382. The van der Waals surface area contributed by atoms with Gasteiger partial charge in [0.1, 0.15) is 17.4 Å². The number of alkyl halides is 3. The predicted octanol–water partition coefficient (Wildman–Crippen LogP) is 6.72. The molecular formula is C21H10BrF5N2O. The van der Waals surface area contributed by atoms with E-state index in [1.807, 2.05) is 6.07 Å². The minimum absolute atomic E-state index is 0.0700. The van der Waals surface area contributed by atoms with Gasteiger partial charge in [-0.2, -0.15) is 10.5 Å². The summed E-state index contributed by atoms with van der Waals surface area (Å²) in [7, 11) is 0. The summed E-state index contributed by atoms with van der Waals surface area (Å²) in [5.74, 6) is -1.60. The molecule has 3 rings (SSSR count). The van der Waals surface area contributed by atoms with E-state index in [-0.39, 0.29) is 22.5 Å². The first kappa shape index (κ1) is 22.9. The maximum absolute atomic E-state index is 13.8. The fourth-order valence-corrected chi connectivity index (χ4v) is 2.65. The van der Waals surface area contributed by atoms with Crippen LogP contribution in [0.5, 0.6) is 5.75 Å². The van der Waals surface area contributed by atoms with Crippen LogP contribution in [0.1, 0.15) is 11.1 Å². The normalized spacial score (nSPS) is 10.3. The van der Waals surface area contributed by atoms with Gasteiger partial charge in [0.25, 0.3) is 0 Å². The van der Waals surface area contributed by atoms with Crippen LogP contribution in [0.4, 0.5) is 22.0 Å². The van der Waals surface area contributed by atoms with Gasteiger partial charge in [-0.25, -0.2) is 8.78 Å². The first-order valence-corrected chi connectivity index (χ1v) is 8.84. The lowest BCUT2D eigenvalue weighted by Crippen LogP contribution is -2.17. The number of nitrogens with zero attached hydrogens (tertiary/aromatic N) is 2. The van der Waals surface area contributed by atoms with Gasteiger partial charge in [-0.1, -0.05) is 18.2 Å². The van der Waals surface area contributed by atoms with E-state index in [1.165, 1.54) is 48.5 Å². The topological polar surface area (TPSA) is 56.8 Å². The summed E-state index contributed by atoms with van der Waals surface area (Å²) in [6.45, 7) is 0. The second kappa shape index (κ2) is 9.86. The highest BCUT2D eigenvalue weighted by Crippen LogP contribution is 2.35. The smallest absolute Gasteiger partial charge is 0.405 e. The molecule has 0 saturated heterocycles. The molecule has 0 saturated carbocycles. The molecule has 0 fully saturated rings. The molecule has 152 valence electrons. The minimum atomic E-state index is -4.88. The number of nitriles is 2. The van der Waals surface area contributed by atoms with E-state index in [0.717, 1.165) is 12.1 Å². The van der Waals surface area contributed by atoms with E-state index >= 15 is 0 Å². The third-order valence-corrected chi connectivity index (χ3v) is 4.15. The van der Waals surface area contributed by atoms with Crippen LogP contribution in [0.15, 0.2) is 65.1 Å². The van der Waals surface area contributed by atoms with Crippen LogP contribution in [0.25, 0.3) is 11.1 Å². The first-order chi connectivity index (χ1) is 14.1. The Kier molecular flexibility index (Phi) is 7.51. The van der Waals surface area contributed by atoms with Crippen LogP contribution in [0.2, 0.25) is 0 Å². The van der Waals surface area contributed by atoms with E-state index in [1.54, 1.807) is 6.07 Å². The summed E-state index contributed by atoms with van der Waals surface area (Å²) in [6.07, 6.45) is -4.88. The Balaban J connectivity index is 0.000000269. The van der Waals surface area contributed by atoms with Crippen molar-refractivity contribution in [3.63, 3.8) is 0 Å². The Labute approximate surface area is 176 Å². The molecule has 0 aliphatic carbocycles. The maximum atomic E-state index is 13.8. The molecule has 0 aromatic heterocycles. The zero-order valence-corrected chi connectivity index (χ0v) is 16.4. The van der Waals surface area contributed by atoms with Crippen LogP contribution >= 0.6 is 15.9 Å². The summed E-state index contributed by atoms with van der Waals surface area (Å²) < 4.78 is 67.4. The summed E-state index contributed by atoms with van der Waals surface area (Å²) >= 11 is 2.96. The van der Waals surface area contributed by atoms with Crippen molar-refractivity contribution in [1.82, 2.24) is 0 Å². The Hall–Kier alpha value is -3.43. The molecule has 3 nitrogen and oxygen atoms in total. The van der Waals surface area contributed by atoms with E-state index in [2.05, 4.69) is 20.7 Å².